The maximum atomic E-state index is 13.5. The van der Waals surface area contributed by atoms with E-state index in [4.69, 9.17) is 0 Å². The molecule has 0 aliphatic rings. The van der Waals surface area contributed by atoms with Crippen molar-refractivity contribution in [3.63, 3.8) is 0 Å². The first-order valence-corrected chi connectivity index (χ1v) is 6.43. The van der Waals surface area contributed by atoms with Gasteiger partial charge in [0.15, 0.2) is 11.6 Å². The van der Waals surface area contributed by atoms with Crippen LogP contribution >= 0.6 is 15.9 Å². The zero-order valence-corrected chi connectivity index (χ0v) is 11.6. The van der Waals surface area contributed by atoms with Gasteiger partial charge in [-0.15, -0.1) is 0 Å². The van der Waals surface area contributed by atoms with Crippen LogP contribution in [0, 0.1) is 17.5 Å². The molecule has 0 spiro atoms. The largest absolute Gasteiger partial charge is 0.376 e. The van der Waals surface area contributed by atoms with Crippen molar-refractivity contribution in [2.75, 3.05) is 5.32 Å². The fourth-order valence-corrected chi connectivity index (χ4v) is 2.14. The lowest BCUT2D eigenvalue weighted by Gasteiger charge is -2.16. The van der Waals surface area contributed by atoms with Crippen molar-refractivity contribution in [2.45, 2.75) is 13.0 Å². The average molecular weight is 330 g/mol. The minimum absolute atomic E-state index is 0.0635. The first-order valence-electron chi connectivity index (χ1n) is 5.64. The summed E-state index contributed by atoms with van der Waals surface area (Å²) in [7, 11) is 0. The number of rotatable bonds is 3. The monoisotopic (exact) mass is 329 g/mol. The highest BCUT2D eigenvalue weighted by atomic mass is 79.9. The molecule has 0 fully saturated rings. The van der Waals surface area contributed by atoms with Gasteiger partial charge in [0.25, 0.3) is 0 Å². The van der Waals surface area contributed by atoms with Gasteiger partial charge >= 0.3 is 0 Å². The van der Waals surface area contributed by atoms with Gasteiger partial charge in [-0.25, -0.2) is 13.2 Å². The standard InChI is InChI=1S/C14H11BrF3N/c1-8(9-3-2-4-10(15)5-9)19-14-7-12(17)11(16)6-13(14)18/h2-8,19H,1H3. The fraction of sp³-hybridized carbons (Fsp3) is 0.143. The molecule has 0 bridgehead atoms. The van der Waals surface area contributed by atoms with Crippen LogP contribution in [0.4, 0.5) is 18.9 Å². The third-order valence-electron chi connectivity index (χ3n) is 2.73. The maximum absolute atomic E-state index is 13.5. The molecule has 100 valence electrons. The number of anilines is 1. The molecule has 5 heteroatoms. The van der Waals surface area contributed by atoms with Gasteiger partial charge in [-0.05, 0) is 24.6 Å². The summed E-state index contributed by atoms with van der Waals surface area (Å²) >= 11 is 3.34. The zero-order chi connectivity index (χ0) is 14.0. The highest BCUT2D eigenvalue weighted by Crippen LogP contribution is 2.25. The first kappa shape index (κ1) is 13.9. The minimum atomic E-state index is -1.20. The van der Waals surface area contributed by atoms with Crippen molar-refractivity contribution in [1.29, 1.82) is 0 Å². The van der Waals surface area contributed by atoms with Crippen molar-refractivity contribution in [3.8, 4) is 0 Å². The van der Waals surface area contributed by atoms with E-state index in [1.807, 2.05) is 31.2 Å². The van der Waals surface area contributed by atoms with Crippen LogP contribution in [-0.4, -0.2) is 0 Å². The lowest BCUT2D eigenvalue weighted by molar-refractivity contribution is 0.495. The van der Waals surface area contributed by atoms with E-state index in [0.29, 0.717) is 6.07 Å². The smallest absolute Gasteiger partial charge is 0.161 e. The molecule has 19 heavy (non-hydrogen) atoms. The Morgan fingerprint density at radius 1 is 1.00 bits per heavy atom. The third-order valence-corrected chi connectivity index (χ3v) is 3.22. The second-order valence-corrected chi connectivity index (χ2v) is 5.08. The van der Waals surface area contributed by atoms with Crippen LogP contribution in [0.25, 0.3) is 0 Å². The Hall–Kier alpha value is -1.49. The second kappa shape index (κ2) is 5.65. The van der Waals surface area contributed by atoms with E-state index >= 15 is 0 Å². The van der Waals surface area contributed by atoms with Gasteiger partial charge in [0.05, 0.1) is 5.69 Å². The van der Waals surface area contributed by atoms with Gasteiger partial charge in [-0.1, -0.05) is 28.1 Å². The van der Waals surface area contributed by atoms with Gasteiger partial charge in [-0.2, -0.15) is 0 Å². The summed E-state index contributed by atoms with van der Waals surface area (Å²) in [5.41, 5.74) is 0.838. The van der Waals surface area contributed by atoms with Gasteiger partial charge in [0, 0.05) is 22.6 Å². The molecule has 2 rings (SSSR count). The van der Waals surface area contributed by atoms with Gasteiger partial charge in [0.1, 0.15) is 5.82 Å². The predicted molar refractivity (Wildman–Crippen MR) is 72.5 cm³/mol. The molecular formula is C14H11BrF3N. The van der Waals surface area contributed by atoms with E-state index in [1.54, 1.807) is 0 Å². The number of nitrogens with one attached hydrogen (secondary N) is 1. The van der Waals surface area contributed by atoms with E-state index in [0.717, 1.165) is 16.1 Å². The maximum Gasteiger partial charge on any atom is 0.161 e. The molecule has 0 aliphatic carbocycles. The van der Waals surface area contributed by atoms with E-state index in [2.05, 4.69) is 21.2 Å². The van der Waals surface area contributed by atoms with Gasteiger partial charge in [-0.3, -0.25) is 0 Å². The lowest BCUT2D eigenvalue weighted by Crippen LogP contribution is -2.08. The number of hydrogen-bond acceptors (Lipinski definition) is 1. The van der Waals surface area contributed by atoms with Crippen LogP contribution in [0.2, 0.25) is 0 Å². The van der Waals surface area contributed by atoms with Gasteiger partial charge < -0.3 is 5.32 Å². The summed E-state index contributed by atoms with van der Waals surface area (Å²) in [6.45, 7) is 1.81. The molecule has 1 N–H and O–H groups in total. The predicted octanol–water partition coefficient (Wildman–Crippen LogP) is 5.04. The number of halogens is 4. The van der Waals surface area contributed by atoms with Crippen molar-refractivity contribution < 1.29 is 13.2 Å². The third kappa shape index (κ3) is 3.29. The van der Waals surface area contributed by atoms with E-state index < -0.39 is 17.5 Å². The topological polar surface area (TPSA) is 12.0 Å². The summed E-state index contributed by atoms with van der Waals surface area (Å²) in [5, 5.41) is 2.82. The summed E-state index contributed by atoms with van der Waals surface area (Å²) in [5.74, 6) is -3.09. The summed E-state index contributed by atoms with van der Waals surface area (Å²) < 4.78 is 40.3. The Labute approximate surface area is 117 Å². The normalized spacial score (nSPS) is 12.3. The van der Waals surface area contributed by atoms with E-state index in [-0.39, 0.29) is 11.7 Å². The van der Waals surface area contributed by atoms with Crippen LogP contribution < -0.4 is 5.32 Å². The molecule has 2 aromatic rings. The Kier molecular flexibility index (Phi) is 4.14. The zero-order valence-electron chi connectivity index (χ0n) is 10.1. The molecule has 0 heterocycles. The summed E-state index contributed by atoms with van der Waals surface area (Å²) in [6.07, 6.45) is 0. The lowest BCUT2D eigenvalue weighted by atomic mass is 10.1. The first-order chi connectivity index (χ1) is 8.97. The molecule has 1 nitrogen and oxygen atoms in total. The quantitative estimate of drug-likeness (QED) is 0.778. The van der Waals surface area contributed by atoms with Crippen LogP contribution in [0.1, 0.15) is 18.5 Å². The Balaban J connectivity index is 2.24. The summed E-state index contributed by atoms with van der Waals surface area (Å²) in [6, 6.07) is 8.56. The van der Waals surface area contributed by atoms with Crippen LogP contribution in [0.15, 0.2) is 40.9 Å². The van der Waals surface area contributed by atoms with Crippen LogP contribution in [0.5, 0.6) is 0 Å². The number of benzene rings is 2. The summed E-state index contributed by atoms with van der Waals surface area (Å²) in [4.78, 5) is 0. The molecule has 0 saturated carbocycles. The Morgan fingerprint density at radius 2 is 1.68 bits per heavy atom. The number of hydrogen-bond donors (Lipinski definition) is 1. The molecule has 2 aromatic carbocycles. The van der Waals surface area contributed by atoms with E-state index in [1.165, 1.54) is 0 Å². The van der Waals surface area contributed by atoms with Crippen LogP contribution in [-0.2, 0) is 0 Å². The molecule has 0 saturated heterocycles. The SMILES string of the molecule is CC(Nc1cc(F)c(F)cc1F)c1cccc(Br)c1. The van der Waals surface area contributed by atoms with Crippen molar-refractivity contribution in [2.24, 2.45) is 0 Å². The van der Waals surface area contributed by atoms with Gasteiger partial charge in [0.2, 0.25) is 0 Å². The van der Waals surface area contributed by atoms with E-state index in [9.17, 15) is 13.2 Å². The van der Waals surface area contributed by atoms with Crippen LogP contribution in [0.3, 0.4) is 0 Å². The molecular weight excluding hydrogens is 319 g/mol. The highest BCUT2D eigenvalue weighted by molar-refractivity contribution is 9.10. The van der Waals surface area contributed by atoms with Crippen molar-refractivity contribution in [3.05, 3.63) is 63.9 Å². The molecule has 0 amide bonds. The van der Waals surface area contributed by atoms with Crippen molar-refractivity contribution >= 4 is 21.6 Å². The molecule has 0 aliphatic heterocycles. The molecule has 1 unspecified atom stereocenters. The minimum Gasteiger partial charge on any atom is -0.376 e. The average Bonchev–Trinajstić information content (AvgIpc) is 2.36. The molecule has 1 atom stereocenters. The van der Waals surface area contributed by atoms with Crippen molar-refractivity contribution in [1.82, 2.24) is 0 Å². The fourth-order valence-electron chi connectivity index (χ4n) is 1.73. The molecule has 0 radical (unpaired) electrons. The highest BCUT2D eigenvalue weighted by Gasteiger charge is 2.13. The Morgan fingerprint density at radius 3 is 2.37 bits per heavy atom. The molecule has 0 aromatic heterocycles. The second-order valence-electron chi connectivity index (χ2n) is 4.17. The Bertz CT molecular complexity index is 601.